The van der Waals surface area contributed by atoms with Gasteiger partial charge in [0.2, 0.25) is 0 Å². The summed E-state index contributed by atoms with van der Waals surface area (Å²) >= 11 is 0. The molecule has 4 fully saturated rings. The van der Waals surface area contributed by atoms with E-state index in [1.165, 1.54) is 27.7 Å². The van der Waals surface area contributed by atoms with Gasteiger partial charge in [-0.15, -0.1) is 0 Å². The van der Waals surface area contributed by atoms with E-state index in [1.54, 1.807) is 0 Å². The Morgan fingerprint density at radius 2 is 1.22 bits per heavy atom. The van der Waals surface area contributed by atoms with Gasteiger partial charge in [-0.3, -0.25) is 19.2 Å². The van der Waals surface area contributed by atoms with Gasteiger partial charge in [0.1, 0.15) is 24.4 Å². The van der Waals surface area contributed by atoms with E-state index < -0.39 is 91.6 Å². The third kappa shape index (κ3) is 6.52. The summed E-state index contributed by atoms with van der Waals surface area (Å²) in [4.78, 5) is 48.3. The lowest BCUT2D eigenvalue weighted by Crippen LogP contribution is -2.66. The molecule has 2 bridgehead atoms. The lowest BCUT2D eigenvalue weighted by Gasteiger charge is -2.49. The van der Waals surface area contributed by atoms with Crippen LogP contribution in [0.1, 0.15) is 39.5 Å². The molecule has 0 spiro atoms. The minimum Gasteiger partial charge on any atom is -0.455 e. The molecule has 14 nitrogen and oxygen atoms in total. The molecule has 41 heavy (non-hydrogen) atoms. The van der Waals surface area contributed by atoms with E-state index in [0.717, 1.165) is 5.56 Å². The number of rotatable bonds is 7. The highest BCUT2D eigenvalue weighted by molar-refractivity contribution is 5.68. The molecule has 0 radical (unpaired) electrons. The van der Waals surface area contributed by atoms with Crippen LogP contribution < -0.4 is 0 Å². The summed E-state index contributed by atoms with van der Waals surface area (Å²) in [5.74, 6) is -2.67. The zero-order chi connectivity index (χ0) is 29.3. The highest BCUT2D eigenvalue weighted by atomic mass is 16.8. The van der Waals surface area contributed by atoms with Crippen molar-refractivity contribution in [2.24, 2.45) is 0 Å². The van der Waals surface area contributed by atoms with Crippen LogP contribution in [0.15, 0.2) is 30.3 Å². The van der Waals surface area contributed by atoms with Crippen molar-refractivity contribution >= 4 is 23.9 Å². The molecule has 5 rings (SSSR count). The fourth-order valence-corrected chi connectivity index (χ4v) is 5.38. The number of carbonyl (C=O) groups excluding carboxylic acids is 4. The molecule has 0 aromatic heterocycles. The second kappa shape index (κ2) is 12.4. The topological polar surface area (TPSA) is 161 Å². The third-order valence-electron chi connectivity index (χ3n) is 6.87. The normalized spacial score (nSPS) is 37.8. The average Bonchev–Trinajstić information content (AvgIpc) is 3.35. The fraction of sp³-hybridized carbons (Fsp3) is 0.630. The number of ether oxygens (including phenoxy) is 10. The van der Waals surface area contributed by atoms with Crippen molar-refractivity contribution in [1.82, 2.24) is 0 Å². The summed E-state index contributed by atoms with van der Waals surface area (Å²) in [6.07, 6.45) is -11.5. The first-order valence-electron chi connectivity index (χ1n) is 13.2. The highest BCUT2D eigenvalue weighted by Crippen LogP contribution is 2.40. The highest BCUT2D eigenvalue weighted by Gasteiger charge is 2.59. The second-order valence-corrected chi connectivity index (χ2v) is 9.99. The predicted molar refractivity (Wildman–Crippen MR) is 130 cm³/mol. The van der Waals surface area contributed by atoms with Gasteiger partial charge in [0.05, 0.1) is 13.2 Å². The van der Waals surface area contributed by atoms with Gasteiger partial charge < -0.3 is 47.4 Å². The van der Waals surface area contributed by atoms with Gasteiger partial charge in [-0.05, 0) is 0 Å². The Kier molecular flexibility index (Phi) is 8.87. The van der Waals surface area contributed by atoms with Gasteiger partial charge in [-0.25, -0.2) is 0 Å². The Balaban J connectivity index is 1.44. The molecule has 1 unspecified atom stereocenters. The number of esters is 4. The Bertz CT molecular complexity index is 1130. The van der Waals surface area contributed by atoms with E-state index in [9.17, 15) is 19.2 Å². The molecule has 0 saturated carbocycles. The minimum atomic E-state index is -1.37. The third-order valence-corrected chi connectivity index (χ3v) is 6.87. The second-order valence-electron chi connectivity index (χ2n) is 9.99. The van der Waals surface area contributed by atoms with Gasteiger partial charge in [0, 0.05) is 33.3 Å². The number of carbonyl (C=O) groups is 4. The molecule has 0 amide bonds. The van der Waals surface area contributed by atoms with Gasteiger partial charge >= 0.3 is 23.9 Å². The van der Waals surface area contributed by atoms with Crippen LogP contribution in [0.25, 0.3) is 0 Å². The number of hydrogen-bond acceptors (Lipinski definition) is 14. The zero-order valence-electron chi connectivity index (χ0n) is 22.9. The summed E-state index contributed by atoms with van der Waals surface area (Å²) in [6, 6.07) is 9.14. The number of fused-ring (bicyclic) bond motifs is 3. The molecule has 1 aromatic rings. The standard InChI is InChI=1S/C27H32O14/c1-12(28)34-21-20(17-11-33-26(38-17)23(21)36-14(3)30)41-27-24(37-15(4)31)22(35-13(2)29)19-18(39-27)10-32-25(40-19)16-8-6-5-7-9-16/h5-9,17-27H,10-11H2,1-4H3/t17-,18-,19-,20-,21+,22+,23-,24-,25?,26-,27-/m1/s1. The minimum absolute atomic E-state index is 0.0217. The summed E-state index contributed by atoms with van der Waals surface area (Å²) in [6.45, 7) is 4.83. The first-order valence-corrected chi connectivity index (χ1v) is 13.2. The van der Waals surface area contributed by atoms with Crippen LogP contribution in [0.4, 0.5) is 0 Å². The first kappa shape index (κ1) is 29.4. The molecular weight excluding hydrogens is 548 g/mol. The fourth-order valence-electron chi connectivity index (χ4n) is 5.38. The van der Waals surface area contributed by atoms with Gasteiger partial charge in [-0.2, -0.15) is 0 Å². The van der Waals surface area contributed by atoms with Crippen LogP contribution >= 0.6 is 0 Å². The van der Waals surface area contributed by atoms with Crippen molar-refractivity contribution in [3.63, 3.8) is 0 Å². The van der Waals surface area contributed by atoms with E-state index in [-0.39, 0.29) is 13.2 Å². The molecule has 4 aliphatic rings. The largest absolute Gasteiger partial charge is 0.455 e. The van der Waals surface area contributed by atoms with Crippen molar-refractivity contribution in [3.05, 3.63) is 35.9 Å². The zero-order valence-corrected chi connectivity index (χ0v) is 22.9. The van der Waals surface area contributed by atoms with Crippen LogP contribution in [0.3, 0.4) is 0 Å². The van der Waals surface area contributed by atoms with Crippen molar-refractivity contribution < 1.29 is 66.5 Å². The quantitative estimate of drug-likeness (QED) is 0.327. The lowest BCUT2D eigenvalue weighted by molar-refractivity contribution is -0.377. The number of hydrogen-bond donors (Lipinski definition) is 0. The van der Waals surface area contributed by atoms with E-state index >= 15 is 0 Å². The SMILES string of the molecule is CC(=O)O[C@@H]1[C@@H](OC(C)=O)[C@@H](O[C@H]2[C@H](OC(C)=O)[C@@H](OC(C)=O)[C@@H]3OC[C@H]2O3)O[C@@H]2COC(c3ccccc3)O[C@@H]12. The molecule has 4 heterocycles. The Morgan fingerprint density at radius 3 is 1.88 bits per heavy atom. The smallest absolute Gasteiger partial charge is 0.303 e. The lowest BCUT2D eigenvalue weighted by atomic mass is 9.96. The van der Waals surface area contributed by atoms with Crippen LogP contribution in [0.2, 0.25) is 0 Å². The molecule has 0 aliphatic carbocycles. The van der Waals surface area contributed by atoms with Crippen LogP contribution in [-0.4, -0.2) is 98.5 Å². The van der Waals surface area contributed by atoms with Gasteiger partial charge in [0.25, 0.3) is 0 Å². The molecule has 1 aromatic carbocycles. The Morgan fingerprint density at radius 1 is 0.634 bits per heavy atom. The van der Waals surface area contributed by atoms with Crippen molar-refractivity contribution in [1.29, 1.82) is 0 Å². The molecule has 4 saturated heterocycles. The summed E-state index contributed by atoms with van der Waals surface area (Å²) in [5.41, 5.74) is 0.728. The number of benzene rings is 1. The molecule has 224 valence electrons. The van der Waals surface area contributed by atoms with E-state index in [2.05, 4.69) is 0 Å². The first-order chi connectivity index (χ1) is 19.6. The molecular formula is C27H32O14. The van der Waals surface area contributed by atoms with Crippen molar-refractivity contribution in [2.75, 3.05) is 13.2 Å². The predicted octanol–water partition coefficient (Wildman–Crippen LogP) is 0.693. The molecule has 14 heteroatoms. The van der Waals surface area contributed by atoms with Crippen LogP contribution in [0.5, 0.6) is 0 Å². The summed E-state index contributed by atoms with van der Waals surface area (Å²) in [5, 5.41) is 0. The summed E-state index contributed by atoms with van der Waals surface area (Å²) in [7, 11) is 0. The maximum Gasteiger partial charge on any atom is 0.303 e. The van der Waals surface area contributed by atoms with Gasteiger partial charge in [-0.1, -0.05) is 30.3 Å². The maximum absolute atomic E-state index is 12.2. The van der Waals surface area contributed by atoms with Gasteiger partial charge in [0.15, 0.2) is 43.3 Å². The van der Waals surface area contributed by atoms with E-state index in [0.29, 0.717) is 0 Å². The molecule has 4 aliphatic heterocycles. The Labute approximate surface area is 235 Å². The summed E-state index contributed by atoms with van der Waals surface area (Å²) < 4.78 is 58.2. The Hall–Kier alpha value is -3.14. The monoisotopic (exact) mass is 580 g/mol. The van der Waals surface area contributed by atoms with Crippen LogP contribution in [-0.2, 0) is 66.5 Å². The molecule has 11 atom stereocenters. The van der Waals surface area contributed by atoms with Crippen molar-refractivity contribution in [3.8, 4) is 0 Å². The average molecular weight is 581 g/mol. The maximum atomic E-state index is 12.2. The van der Waals surface area contributed by atoms with E-state index in [4.69, 9.17) is 47.4 Å². The van der Waals surface area contributed by atoms with Crippen molar-refractivity contribution in [2.45, 2.75) is 95.4 Å². The molecule has 0 N–H and O–H groups in total. The van der Waals surface area contributed by atoms with E-state index in [1.807, 2.05) is 30.3 Å². The van der Waals surface area contributed by atoms with Crippen LogP contribution in [0, 0.1) is 0 Å².